The van der Waals surface area contributed by atoms with Crippen LogP contribution in [0.1, 0.15) is 19.8 Å². The Morgan fingerprint density at radius 2 is 2.06 bits per heavy atom. The van der Waals surface area contributed by atoms with E-state index >= 15 is 0 Å². The summed E-state index contributed by atoms with van der Waals surface area (Å²) in [5.41, 5.74) is 5.38. The molecule has 1 aliphatic heterocycles. The Bertz CT molecular complexity index is 237. The summed E-state index contributed by atoms with van der Waals surface area (Å²) in [5.74, 6) is -0.249. The molecule has 1 fully saturated rings. The molecule has 0 radical (unpaired) electrons. The number of primary amides is 1. The van der Waals surface area contributed by atoms with Crippen LogP contribution in [0.4, 0.5) is 0 Å². The molecule has 5 heteroatoms. The molecule has 100 valence electrons. The molecule has 0 spiro atoms. The average Bonchev–Trinajstić information content (AvgIpc) is 2.29. The number of hydrogen-bond acceptors (Lipinski definition) is 4. The van der Waals surface area contributed by atoms with E-state index in [2.05, 4.69) is 29.2 Å². The predicted molar refractivity (Wildman–Crippen MR) is 69.8 cm³/mol. The Balaban J connectivity index is 2.35. The average molecular weight is 242 g/mol. The van der Waals surface area contributed by atoms with Crippen LogP contribution in [-0.2, 0) is 4.79 Å². The molecule has 1 heterocycles. The molecule has 0 aromatic rings. The lowest BCUT2D eigenvalue weighted by atomic mass is 10.0. The van der Waals surface area contributed by atoms with Gasteiger partial charge in [0.05, 0.1) is 6.04 Å². The molecule has 0 bridgehead atoms. The highest BCUT2D eigenvalue weighted by molar-refractivity contribution is 5.80. The van der Waals surface area contributed by atoms with Crippen LogP contribution in [0.2, 0.25) is 0 Å². The van der Waals surface area contributed by atoms with E-state index < -0.39 is 0 Å². The lowest BCUT2D eigenvalue weighted by Crippen LogP contribution is -2.52. The van der Waals surface area contributed by atoms with E-state index in [-0.39, 0.29) is 11.9 Å². The second-order valence-electron chi connectivity index (χ2n) is 5.01. The summed E-state index contributed by atoms with van der Waals surface area (Å²) >= 11 is 0. The Hall–Kier alpha value is -0.650. The Labute approximate surface area is 104 Å². The predicted octanol–water partition coefficient (Wildman–Crippen LogP) is -0.524. The van der Waals surface area contributed by atoms with Crippen molar-refractivity contribution in [3.8, 4) is 0 Å². The summed E-state index contributed by atoms with van der Waals surface area (Å²) in [5, 5.41) is 3.14. The third-order valence-corrected chi connectivity index (χ3v) is 3.52. The molecule has 1 aliphatic rings. The van der Waals surface area contributed by atoms with Gasteiger partial charge in [-0.3, -0.25) is 4.79 Å². The number of rotatable bonds is 6. The van der Waals surface area contributed by atoms with Crippen molar-refractivity contribution in [1.29, 1.82) is 0 Å². The molecular weight excluding hydrogens is 216 g/mol. The summed E-state index contributed by atoms with van der Waals surface area (Å²) < 4.78 is 0. The summed E-state index contributed by atoms with van der Waals surface area (Å²) in [4.78, 5) is 15.9. The second kappa shape index (κ2) is 6.93. The zero-order chi connectivity index (χ0) is 12.8. The summed E-state index contributed by atoms with van der Waals surface area (Å²) in [6, 6.07) is 0.466. The fraction of sp³-hybridized carbons (Fsp3) is 0.917. The Kier molecular flexibility index (Phi) is 5.88. The van der Waals surface area contributed by atoms with Gasteiger partial charge in [0.2, 0.25) is 5.91 Å². The smallest absolute Gasteiger partial charge is 0.235 e. The van der Waals surface area contributed by atoms with Gasteiger partial charge in [-0.25, -0.2) is 0 Å². The van der Waals surface area contributed by atoms with Crippen LogP contribution in [0.3, 0.4) is 0 Å². The number of likely N-dealkylation sites (N-methyl/N-ethyl adjacent to an activating group) is 1. The fourth-order valence-electron chi connectivity index (χ4n) is 2.38. The highest BCUT2D eigenvalue weighted by Crippen LogP contribution is 2.14. The van der Waals surface area contributed by atoms with E-state index in [0.29, 0.717) is 6.04 Å². The quantitative estimate of drug-likeness (QED) is 0.658. The Morgan fingerprint density at radius 3 is 2.47 bits per heavy atom. The molecule has 3 N–H and O–H groups in total. The van der Waals surface area contributed by atoms with E-state index in [0.717, 1.165) is 26.2 Å². The maximum absolute atomic E-state index is 11.3. The van der Waals surface area contributed by atoms with Crippen molar-refractivity contribution in [2.45, 2.75) is 31.8 Å². The van der Waals surface area contributed by atoms with E-state index in [1.165, 1.54) is 12.8 Å². The van der Waals surface area contributed by atoms with Crippen molar-refractivity contribution in [1.82, 2.24) is 15.1 Å². The van der Waals surface area contributed by atoms with Crippen LogP contribution in [0.15, 0.2) is 0 Å². The minimum absolute atomic E-state index is 0.212. The molecular formula is C12H26N4O. The minimum Gasteiger partial charge on any atom is -0.368 e. The first-order valence-corrected chi connectivity index (χ1v) is 6.46. The number of hydrogen-bond donors (Lipinski definition) is 2. The number of nitrogens with one attached hydrogen (secondary N) is 1. The zero-order valence-corrected chi connectivity index (χ0v) is 11.3. The Morgan fingerprint density at radius 1 is 1.47 bits per heavy atom. The molecule has 0 saturated carbocycles. The SMILES string of the molecule is CCNC(CN1CCC(N(C)C)CC1)C(N)=O. The van der Waals surface area contributed by atoms with Gasteiger partial charge < -0.3 is 20.9 Å². The molecule has 1 unspecified atom stereocenters. The summed E-state index contributed by atoms with van der Waals surface area (Å²) in [6.07, 6.45) is 2.34. The van der Waals surface area contributed by atoms with Gasteiger partial charge in [-0.2, -0.15) is 0 Å². The largest absolute Gasteiger partial charge is 0.368 e. The molecule has 1 atom stereocenters. The van der Waals surface area contributed by atoms with Crippen molar-refractivity contribution in [3.63, 3.8) is 0 Å². The number of likely N-dealkylation sites (tertiary alicyclic amines) is 1. The van der Waals surface area contributed by atoms with Gasteiger partial charge in [-0.15, -0.1) is 0 Å². The van der Waals surface area contributed by atoms with Crippen molar-refractivity contribution >= 4 is 5.91 Å². The summed E-state index contributed by atoms with van der Waals surface area (Å²) in [6.45, 7) is 5.62. The number of carbonyl (C=O) groups is 1. The van der Waals surface area contributed by atoms with Gasteiger partial charge in [-0.1, -0.05) is 6.92 Å². The number of amides is 1. The molecule has 0 aromatic carbocycles. The second-order valence-corrected chi connectivity index (χ2v) is 5.01. The molecule has 17 heavy (non-hydrogen) atoms. The first kappa shape index (κ1) is 14.4. The number of piperidine rings is 1. The number of nitrogens with two attached hydrogens (primary N) is 1. The number of nitrogens with zero attached hydrogens (tertiary/aromatic N) is 2. The van der Waals surface area contributed by atoms with Crippen LogP contribution < -0.4 is 11.1 Å². The van der Waals surface area contributed by atoms with Gasteiger partial charge in [0, 0.05) is 12.6 Å². The molecule has 0 aromatic heterocycles. The molecule has 1 rings (SSSR count). The van der Waals surface area contributed by atoms with Gasteiger partial charge in [0.1, 0.15) is 0 Å². The topological polar surface area (TPSA) is 61.6 Å². The fourth-order valence-corrected chi connectivity index (χ4v) is 2.38. The van der Waals surface area contributed by atoms with Gasteiger partial charge in [0.25, 0.3) is 0 Å². The molecule has 1 saturated heterocycles. The third kappa shape index (κ3) is 4.61. The normalized spacial score (nSPS) is 20.7. The van der Waals surface area contributed by atoms with Crippen LogP contribution in [0.25, 0.3) is 0 Å². The van der Waals surface area contributed by atoms with Crippen LogP contribution in [-0.4, -0.2) is 68.1 Å². The van der Waals surface area contributed by atoms with Gasteiger partial charge in [-0.05, 0) is 46.6 Å². The van der Waals surface area contributed by atoms with Crippen molar-refractivity contribution in [3.05, 3.63) is 0 Å². The monoisotopic (exact) mass is 242 g/mol. The highest BCUT2D eigenvalue weighted by Gasteiger charge is 2.24. The van der Waals surface area contributed by atoms with E-state index in [1.54, 1.807) is 0 Å². The summed E-state index contributed by atoms with van der Waals surface area (Å²) in [7, 11) is 4.26. The van der Waals surface area contributed by atoms with Crippen molar-refractivity contribution in [2.24, 2.45) is 5.73 Å². The first-order chi connectivity index (χ1) is 8.04. The van der Waals surface area contributed by atoms with Crippen molar-refractivity contribution in [2.75, 3.05) is 40.3 Å². The minimum atomic E-state index is -0.249. The first-order valence-electron chi connectivity index (χ1n) is 6.46. The molecule has 5 nitrogen and oxygen atoms in total. The molecule has 1 amide bonds. The van der Waals surface area contributed by atoms with E-state index in [1.807, 2.05) is 6.92 Å². The lowest BCUT2D eigenvalue weighted by molar-refractivity contribution is -0.120. The maximum atomic E-state index is 11.3. The van der Waals surface area contributed by atoms with E-state index in [9.17, 15) is 4.79 Å². The maximum Gasteiger partial charge on any atom is 0.235 e. The number of carbonyl (C=O) groups excluding carboxylic acids is 1. The standard InChI is InChI=1S/C12H26N4O/c1-4-14-11(12(13)17)9-16-7-5-10(6-8-16)15(2)3/h10-11,14H,4-9H2,1-3H3,(H2,13,17). The van der Waals surface area contributed by atoms with Gasteiger partial charge in [0.15, 0.2) is 0 Å². The van der Waals surface area contributed by atoms with Gasteiger partial charge >= 0.3 is 0 Å². The van der Waals surface area contributed by atoms with Crippen LogP contribution >= 0.6 is 0 Å². The zero-order valence-electron chi connectivity index (χ0n) is 11.3. The van der Waals surface area contributed by atoms with Crippen LogP contribution in [0.5, 0.6) is 0 Å². The molecule has 0 aliphatic carbocycles. The van der Waals surface area contributed by atoms with Crippen molar-refractivity contribution < 1.29 is 4.79 Å². The third-order valence-electron chi connectivity index (χ3n) is 3.52. The van der Waals surface area contributed by atoms with Crippen LogP contribution in [0, 0.1) is 0 Å². The highest BCUT2D eigenvalue weighted by atomic mass is 16.1. The van der Waals surface area contributed by atoms with E-state index in [4.69, 9.17) is 5.73 Å². The lowest BCUT2D eigenvalue weighted by Gasteiger charge is -2.36.